The normalized spacial score (nSPS) is 11.0. The molecular weight excluding hydrogens is 366 g/mol. The molecule has 0 unspecified atom stereocenters. The summed E-state index contributed by atoms with van der Waals surface area (Å²) in [5.74, 6) is 0.627. The van der Waals surface area contributed by atoms with Gasteiger partial charge < -0.3 is 0 Å². The second-order valence-electron chi connectivity index (χ2n) is 4.76. The summed E-state index contributed by atoms with van der Waals surface area (Å²) in [6.07, 6.45) is 2.96. The lowest BCUT2D eigenvalue weighted by atomic mass is 10.2. The Balaban J connectivity index is 1.81. The molecule has 1 aromatic carbocycles. The molecule has 1 N–H and O–H groups in total. The third-order valence-corrected chi connectivity index (χ3v) is 4.65. The lowest BCUT2D eigenvalue weighted by molar-refractivity contribution is 0.102. The van der Waals surface area contributed by atoms with Crippen molar-refractivity contribution < 1.29 is 4.79 Å². The fourth-order valence-electron chi connectivity index (χ4n) is 2.01. The quantitative estimate of drug-likeness (QED) is 0.735. The van der Waals surface area contributed by atoms with E-state index in [0.717, 1.165) is 29.6 Å². The van der Waals surface area contributed by atoms with Crippen LogP contribution in [0.25, 0.3) is 4.96 Å². The fraction of sp³-hybridized carbons (Fsp3) is 0.286. The van der Waals surface area contributed by atoms with E-state index < -0.39 is 0 Å². The van der Waals surface area contributed by atoms with Crippen molar-refractivity contribution in [3.05, 3.63) is 40.1 Å². The molecule has 3 aromatic rings. The van der Waals surface area contributed by atoms with Crippen molar-refractivity contribution in [3.63, 3.8) is 0 Å². The van der Waals surface area contributed by atoms with Gasteiger partial charge in [-0.1, -0.05) is 36.8 Å². The zero-order valence-electron chi connectivity index (χ0n) is 11.9. The number of rotatable bonds is 5. The number of nitrogens with zero attached hydrogens (tertiary/aromatic N) is 4. The van der Waals surface area contributed by atoms with Crippen LogP contribution >= 0.6 is 27.3 Å². The number of unbranched alkanes of at least 4 members (excludes halogenated alkanes) is 1. The number of carbonyl (C=O) groups excluding carboxylic acids is 1. The number of aryl methyl sites for hydroxylation is 1. The topological polar surface area (TPSA) is 72.2 Å². The Morgan fingerprint density at radius 3 is 2.95 bits per heavy atom. The van der Waals surface area contributed by atoms with Crippen LogP contribution in [0.3, 0.4) is 0 Å². The number of benzene rings is 1. The molecule has 0 aliphatic carbocycles. The third-order valence-electron chi connectivity index (χ3n) is 3.15. The van der Waals surface area contributed by atoms with Crippen LogP contribution in [0.5, 0.6) is 0 Å². The lowest BCUT2D eigenvalue weighted by Gasteiger charge is -2.03. The minimum atomic E-state index is -0.201. The number of halogens is 1. The molecule has 2 aromatic heterocycles. The Morgan fingerprint density at radius 1 is 1.36 bits per heavy atom. The van der Waals surface area contributed by atoms with Gasteiger partial charge in [0.05, 0.1) is 5.56 Å². The summed E-state index contributed by atoms with van der Waals surface area (Å²) in [6, 6.07) is 7.27. The van der Waals surface area contributed by atoms with Gasteiger partial charge in [0.1, 0.15) is 0 Å². The first-order chi connectivity index (χ1) is 10.7. The molecule has 0 aliphatic rings. The molecule has 22 heavy (non-hydrogen) atoms. The van der Waals surface area contributed by atoms with Crippen molar-refractivity contribution in [1.82, 2.24) is 19.8 Å². The Bertz CT molecular complexity index is 813. The molecule has 6 nitrogen and oxygen atoms in total. The minimum absolute atomic E-state index is 0.201. The molecule has 2 heterocycles. The first-order valence-electron chi connectivity index (χ1n) is 6.96. The SMILES string of the molecule is CCCCc1nnc2sc(NC(=O)c3ccccc3Br)nn12. The monoisotopic (exact) mass is 379 g/mol. The number of fused-ring (bicyclic) bond motifs is 1. The number of nitrogens with one attached hydrogen (secondary N) is 1. The summed E-state index contributed by atoms with van der Waals surface area (Å²) >= 11 is 4.68. The highest BCUT2D eigenvalue weighted by Gasteiger charge is 2.15. The van der Waals surface area contributed by atoms with E-state index in [-0.39, 0.29) is 5.91 Å². The summed E-state index contributed by atoms with van der Waals surface area (Å²) in [5, 5.41) is 15.9. The molecule has 0 bridgehead atoms. The highest BCUT2D eigenvalue weighted by atomic mass is 79.9. The molecule has 1 amide bonds. The molecular formula is C14H14BrN5OS. The number of amides is 1. The van der Waals surface area contributed by atoms with Crippen LogP contribution in [0.2, 0.25) is 0 Å². The predicted molar refractivity (Wildman–Crippen MR) is 89.4 cm³/mol. The molecule has 114 valence electrons. The van der Waals surface area contributed by atoms with Crippen molar-refractivity contribution >= 4 is 43.3 Å². The largest absolute Gasteiger partial charge is 0.296 e. The van der Waals surface area contributed by atoms with E-state index in [1.54, 1.807) is 10.6 Å². The van der Waals surface area contributed by atoms with Gasteiger partial charge in [-0.3, -0.25) is 10.1 Å². The van der Waals surface area contributed by atoms with E-state index in [0.29, 0.717) is 15.7 Å². The van der Waals surface area contributed by atoms with Crippen LogP contribution in [-0.4, -0.2) is 25.7 Å². The molecule has 0 saturated carbocycles. The maximum atomic E-state index is 12.3. The lowest BCUT2D eigenvalue weighted by Crippen LogP contribution is -2.12. The van der Waals surface area contributed by atoms with E-state index in [2.05, 4.69) is 43.5 Å². The summed E-state index contributed by atoms with van der Waals surface area (Å²) in [6.45, 7) is 2.13. The van der Waals surface area contributed by atoms with Gasteiger partial charge >= 0.3 is 0 Å². The standard InChI is InChI=1S/C14H14BrN5OS/c1-2-3-8-11-17-18-14-20(11)19-13(22-14)16-12(21)9-6-4-5-7-10(9)15/h4-7H,2-3,8H2,1H3,(H,16,19,21). The Kier molecular flexibility index (Phi) is 4.49. The van der Waals surface area contributed by atoms with Crippen molar-refractivity contribution in [2.45, 2.75) is 26.2 Å². The average molecular weight is 380 g/mol. The minimum Gasteiger partial charge on any atom is -0.296 e. The molecule has 3 rings (SSSR count). The number of carbonyl (C=O) groups is 1. The van der Waals surface area contributed by atoms with Crippen molar-refractivity contribution in [2.24, 2.45) is 0 Å². The highest BCUT2D eigenvalue weighted by molar-refractivity contribution is 9.10. The predicted octanol–water partition coefficient (Wildman–Crippen LogP) is 3.54. The van der Waals surface area contributed by atoms with Gasteiger partial charge in [0.2, 0.25) is 10.1 Å². The highest BCUT2D eigenvalue weighted by Crippen LogP contribution is 2.22. The molecule has 0 aliphatic heterocycles. The Morgan fingerprint density at radius 2 is 2.18 bits per heavy atom. The van der Waals surface area contributed by atoms with E-state index >= 15 is 0 Å². The number of hydrogen-bond donors (Lipinski definition) is 1. The fourth-order valence-corrected chi connectivity index (χ4v) is 3.23. The first kappa shape index (κ1) is 15.1. The van der Waals surface area contributed by atoms with Crippen molar-refractivity contribution in [3.8, 4) is 0 Å². The van der Waals surface area contributed by atoms with Crippen LogP contribution in [0.1, 0.15) is 35.9 Å². The number of hydrogen-bond acceptors (Lipinski definition) is 5. The zero-order chi connectivity index (χ0) is 15.5. The van der Waals surface area contributed by atoms with E-state index in [4.69, 9.17) is 0 Å². The zero-order valence-corrected chi connectivity index (χ0v) is 14.3. The average Bonchev–Trinajstić information content (AvgIpc) is 3.06. The smallest absolute Gasteiger partial charge is 0.258 e. The van der Waals surface area contributed by atoms with E-state index in [9.17, 15) is 4.79 Å². The van der Waals surface area contributed by atoms with Crippen LogP contribution in [-0.2, 0) is 6.42 Å². The summed E-state index contributed by atoms with van der Waals surface area (Å²) < 4.78 is 2.45. The van der Waals surface area contributed by atoms with Crippen LogP contribution in [0, 0.1) is 0 Å². The Hall–Kier alpha value is -1.80. The van der Waals surface area contributed by atoms with Crippen LogP contribution in [0.15, 0.2) is 28.7 Å². The summed E-state index contributed by atoms with van der Waals surface area (Å²) in [7, 11) is 0. The van der Waals surface area contributed by atoms with Gasteiger partial charge in [0, 0.05) is 10.9 Å². The second-order valence-corrected chi connectivity index (χ2v) is 6.57. The van der Waals surface area contributed by atoms with Gasteiger partial charge in [-0.25, -0.2) is 0 Å². The van der Waals surface area contributed by atoms with Crippen LogP contribution < -0.4 is 5.32 Å². The molecule has 8 heteroatoms. The third kappa shape index (κ3) is 3.02. The molecule has 0 spiro atoms. The first-order valence-corrected chi connectivity index (χ1v) is 8.57. The van der Waals surface area contributed by atoms with Crippen molar-refractivity contribution in [2.75, 3.05) is 5.32 Å². The van der Waals surface area contributed by atoms with E-state index in [1.807, 2.05) is 18.2 Å². The summed E-state index contributed by atoms with van der Waals surface area (Å²) in [4.78, 5) is 13.0. The Labute approximate surface area is 139 Å². The molecule has 0 saturated heterocycles. The summed E-state index contributed by atoms with van der Waals surface area (Å²) in [5.41, 5.74) is 0.569. The van der Waals surface area contributed by atoms with Gasteiger partial charge in [0.15, 0.2) is 5.82 Å². The maximum Gasteiger partial charge on any atom is 0.258 e. The number of aromatic nitrogens is 4. The van der Waals surface area contributed by atoms with Gasteiger partial charge in [-0.2, -0.15) is 4.52 Å². The van der Waals surface area contributed by atoms with Crippen molar-refractivity contribution in [1.29, 1.82) is 0 Å². The van der Waals surface area contributed by atoms with Gasteiger partial charge in [-0.05, 0) is 34.5 Å². The van der Waals surface area contributed by atoms with Gasteiger partial charge in [0.25, 0.3) is 5.91 Å². The second kappa shape index (κ2) is 6.53. The number of anilines is 1. The molecule has 0 atom stereocenters. The maximum absolute atomic E-state index is 12.3. The van der Waals surface area contributed by atoms with E-state index in [1.165, 1.54) is 11.3 Å². The molecule has 0 radical (unpaired) electrons. The van der Waals surface area contributed by atoms with Gasteiger partial charge in [-0.15, -0.1) is 15.3 Å². The van der Waals surface area contributed by atoms with Crippen LogP contribution in [0.4, 0.5) is 5.13 Å². The molecule has 0 fully saturated rings.